The molecular formula is C59H66N6O12S3. The Morgan fingerprint density at radius 3 is 1.49 bits per heavy atom. The Kier molecular flexibility index (Phi) is 20.0. The summed E-state index contributed by atoms with van der Waals surface area (Å²) in [6, 6.07) is 42.0. The molecule has 9 aromatic rings. The van der Waals surface area contributed by atoms with Gasteiger partial charge in [0, 0.05) is 73.9 Å². The molecule has 0 bridgehead atoms. The Bertz CT molecular complexity index is 3790. The van der Waals surface area contributed by atoms with E-state index in [1.165, 1.54) is 25.0 Å². The van der Waals surface area contributed by atoms with Crippen LogP contribution in [0.4, 0.5) is 0 Å². The first kappa shape index (κ1) is 57.9. The van der Waals surface area contributed by atoms with Gasteiger partial charge >= 0.3 is 0 Å². The summed E-state index contributed by atoms with van der Waals surface area (Å²) in [6.07, 6.45) is 3.76. The van der Waals surface area contributed by atoms with Crippen molar-refractivity contribution in [3.8, 4) is 11.5 Å². The third-order valence-electron chi connectivity index (χ3n) is 13.4. The fourth-order valence-electron chi connectivity index (χ4n) is 9.12. The molecule has 0 spiro atoms. The molecule has 3 N–H and O–H groups in total. The van der Waals surface area contributed by atoms with Gasteiger partial charge in [0.15, 0.2) is 10.1 Å². The Morgan fingerprint density at radius 2 is 1.00 bits per heavy atom. The van der Waals surface area contributed by atoms with Crippen molar-refractivity contribution in [2.75, 3.05) is 92.2 Å². The van der Waals surface area contributed by atoms with Gasteiger partial charge in [0.25, 0.3) is 10.1 Å². The van der Waals surface area contributed by atoms with E-state index in [1.807, 2.05) is 61.5 Å². The van der Waals surface area contributed by atoms with Gasteiger partial charge in [-0.05, 0) is 97.6 Å². The van der Waals surface area contributed by atoms with Crippen molar-refractivity contribution in [2.45, 2.75) is 57.3 Å². The standard InChI is InChI=1S/C27H24N2O6S2.C24H25N3O4S.C4H9NO.C4H8O/c1-19-10-13-22(14-11-19)37(32,33)35-17-5-16-34-21-12-15-25-24(18-21)27(29-28-25)36(30,31)26-9-4-7-20-6-2-3-8-23(20)26;28-32(29,23-8-3-6-18-5-1-2-7-20(18)23)24-21-17-19(9-10-22(21)25-26-24)31-14-4-11-27-12-15-30-16-13-27;1-3-6-4-2-5-1;1-2-4-5-3-1/h2-4,6-15,18H,5,16-17H2,1H3,(H,28,29);1-3,5-10,17H,4,11-16H2,(H,25,26);5H,1-4H2;1-4H2. The Morgan fingerprint density at radius 1 is 0.512 bits per heavy atom. The van der Waals surface area contributed by atoms with Gasteiger partial charge in [-0.2, -0.15) is 18.6 Å². The average Bonchev–Trinajstić information content (AvgIpc) is 4.40. The highest BCUT2D eigenvalue weighted by atomic mass is 32.2. The summed E-state index contributed by atoms with van der Waals surface area (Å²) in [7, 11) is -11.5. The van der Waals surface area contributed by atoms with Crippen molar-refractivity contribution in [3.05, 3.63) is 151 Å². The topological polar surface area (TPSA) is 230 Å². The number of aryl methyl sites for hydroxylation is 1. The minimum atomic E-state index is -3.90. The minimum absolute atomic E-state index is 0.0168. The summed E-state index contributed by atoms with van der Waals surface area (Å²) in [5.41, 5.74) is 2.03. The van der Waals surface area contributed by atoms with Gasteiger partial charge in [-0.1, -0.05) is 90.5 Å². The fraction of sp³-hybridized carbons (Fsp3) is 0.322. The molecule has 422 valence electrons. The number of hydrogen-bond donors (Lipinski definition) is 3. The molecule has 3 saturated heterocycles. The molecule has 3 fully saturated rings. The summed E-state index contributed by atoms with van der Waals surface area (Å²) >= 11 is 0. The third-order valence-corrected chi connectivity index (χ3v) is 18.3. The molecule has 0 saturated carbocycles. The molecule has 3 aliphatic heterocycles. The van der Waals surface area contributed by atoms with Crippen LogP contribution >= 0.6 is 0 Å². The predicted molar refractivity (Wildman–Crippen MR) is 307 cm³/mol. The molecule has 0 radical (unpaired) electrons. The lowest BCUT2D eigenvalue weighted by Gasteiger charge is -2.26. The van der Waals surface area contributed by atoms with Crippen LogP contribution < -0.4 is 14.8 Å². The highest BCUT2D eigenvalue weighted by Gasteiger charge is 2.27. The van der Waals surface area contributed by atoms with Gasteiger partial charge in [-0.25, -0.2) is 16.8 Å². The van der Waals surface area contributed by atoms with Crippen LogP contribution in [0.5, 0.6) is 11.5 Å². The molecule has 0 unspecified atom stereocenters. The van der Waals surface area contributed by atoms with Crippen molar-refractivity contribution in [2.24, 2.45) is 0 Å². The maximum absolute atomic E-state index is 13.6. The van der Waals surface area contributed by atoms with Crippen LogP contribution in [0.15, 0.2) is 170 Å². The van der Waals surface area contributed by atoms with Gasteiger partial charge < -0.3 is 29.0 Å². The average molecular weight is 1150 g/mol. The van der Waals surface area contributed by atoms with Gasteiger partial charge in [0.1, 0.15) is 11.5 Å². The van der Waals surface area contributed by atoms with E-state index in [4.69, 9.17) is 27.9 Å². The number of aromatic amines is 2. The molecule has 3 aliphatic rings. The number of benzene rings is 7. The zero-order chi connectivity index (χ0) is 55.8. The predicted octanol–water partition coefficient (Wildman–Crippen LogP) is 9.08. The number of hydrogen-bond acceptors (Lipinski definition) is 16. The second kappa shape index (κ2) is 27.6. The van der Waals surface area contributed by atoms with Crippen molar-refractivity contribution in [1.29, 1.82) is 0 Å². The summed E-state index contributed by atoms with van der Waals surface area (Å²) in [5, 5.41) is 21.0. The van der Waals surface area contributed by atoms with Gasteiger partial charge in [-0.3, -0.25) is 19.3 Å². The van der Waals surface area contributed by atoms with E-state index in [-0.39, 0.29) is 38.0 Å². The normalized spacial score (nSPS) is 15.1. The van der Waals surface area contributed by atoms with Gasteiger partial charge in [-0.15, -0.1) is 0 Å². The number of nitrogens with zero attached hydrogens (tertiary/aromatic N) is 3. The van der Waals surface area contributed by atoms with E-state index >= 15 is 0 Å². The third kappa shape index (κ3) is 14.8. The number of sulfone groups is 2. The van der Waals surface area contributed by atoms with E-state index in [2.05, 4.69) is 30.6 Å². The highest BCUT2D eigenvalue weighted by Crippen LogP contribution is 2.34. The van der Waals surface area contributed by atoms with Crippen LogP contribution in [-0.4, -0.2) is 143 Å². The monoisotopic (exact) mass is 1150 g/mol. The van der Waals surface area contributed by atoms with Crippen molar-refractivity contribution >= 4 is 73.1 Å². The molecule has 7 aromatic carbocycles. The second-order valence-corrected chi connectivity index (χ2v) is 24.4. The van der Waals surface area contributed by atoms with E-state index in [9.17, 15) is 25.3 Å². The Labute approximate surface area is 466 Å². The number of H-pyrrole nitrogens is 2. The van der Waals surface area contributed by atoms with Crippen LogP contribution in [0.3, 0.4) is 0 Å². The molecule has 0 atom stereocenters. The van der Waals surface area contributed by atoms with Crippen molar-refractivity contribution < 1.29 is 53.1 Å². The number of fused-ring (bicyclic) bond motifs is 4. The molecule has 12 rings (SSSR count). The summed E-state index contributed by atoms with van der Waals surface area (Å²) < 4.78 is 111. The zero-order valence-electron chi connectivity index (χ0n) is 44.5. The largest absolute Gasteiger partial charge is 0.494 e. The van der Waals surface area contributed by atoms with Crippen LogP contribution in [0.2, 0.25) is 0 Å². The lowest BCUT2D eigenvalue weighted by atomic mass is 10.1. The zero-order valence-corrected chi connectivity index (χ0v) is 47.0. The Hall–Kier alpha value is -6.79. The lowest BCUT2D eigenvalue weighted by Crippen LogP contribution is -2.37. The van der Waals surface area contributed by atoms with Crippen molar-refractivity contribution in [1.82, 2.24) is 30.6 Å². The number of nitrogens with one attached hydrogen (secondary N) is 3. The smallest absolute Gasteiger partial charge is 0.296 e. The summed E-state index contributed by atoms with van der Waals surface area (Å²) in [5.74, 6) is 1.07. The van der Waals surface area contributed by atoms with Crippen LogP contribution in [0.25, 0.3) is 43.4 Å². The molecule has 0 amide bonds. The first-order valence-corrected chi connectivity index (χ1v) is 31.1. The van der Waals surface area contributed by atoms with Gasteiger partial charge in [0.2, 0.25) is 19.7 Å². The molecule has 80 heavy (non-hydrogen) atoms. The summed E-state index contributed by atoms with van der Waals surface area (Å²) in [6.45, 7) is 12.8. The number of morpholine rings is 2. The number of aromatic nitrogens is 4. The van der Waals surface area contributed by atoms with Crippen molar-refractivity contribution in [3.63, 3.8) is 0 Å². The molecule has 5 heterocycles. The molecule has 2 aromatic heterocycles. The summed E-state index contributed by atoms with van der Waals surface area (Å²) in [4.78, 5) is 2.91. The Balaban J connectivity index is 0.000000163. The molecule has 0 aliphatic carbocycles. The van der Waals surface area contributed by atoms with Crippen LogP contribution in [-0.2, 0) is 48.2 Å². The molecule has 18 nitrogen and oxygen atoms in total. The second-order valence-electron chi connectivity index (χ2n) is 19.1. The first-order valence-electron chi connectivity index (χ1n) is 26.7. The molecular weight excluding hydrogens is 1080 g/mol. The quantitative estimate of drug-likeness (QED) is 0.0605. The van der Waals surface area contributed by atoms with Gasteiger partial charge in [0.05, 0.1) is 72.0 Å². The lowest BCUT2D eigenvalue weighted by molar-refractivity contribution is 0.0358. The molecule has 21 heteroatoms. The fourth-order valence-corrected chi connectivity index (χ4v) is 13.2. The minimum Gasteiger partial charge on any atom is -0.494 e. The van der Waals surface area contributed by atoms with E-state index in [0.29, 0.717) is 57.1 Å². The van der Waals surface area contributed by atoms with Crippen LogP contribution in [0, 0.1) is 6.92 Å². The van der Waals surface area contributed by atoms with E-state index < -0.39 is 29.8 Å². The maximum atomic E-state index is 13.6. The SMILES string of the molecule is C1CCOC1.C1COCCN1.Cc1ccc(S(=O)(=O)OCCCOc2ccc3n[nH]c(S(=O)(=O)c4cccc5ccccc45)c3c2)cc1.O=S(=O)(c1cccc2ccccc12)c1[nH]nc2ccc(OCCCN3CCOCC3)cc12. The van der Waals surface area contributed by atoms with E-state index in [1.54, 1.807) is 78.9 Å². The number of ether oxygens (including phenoxy) is 5. The van der Waals surface area contributed by atoms with E-state index in [0.717, 1.165) is 95.1 Å². The maximum Gasteiger partial charge on any atom is 0.296 e. The van der Waals surface area contributed by atoms with Crippen LogP contribution in [0.1, 0.15) is 31.2 Å². The number of rotatable bonds is 16. The highest BCUT2D eigenvalue weighted by molar-refractivity contribution is 7.92. The first-order chi connectivity index (χ1) is 38.9.